The minimum absolute atomic E-state index is 1.08. The smallest absolute Gasteiger partial charge is 0.136 e. The molecule has 0 aromatic rings. The molecule has 2 aliphatic heterocycles. The average Bonchev–Trinajstić information content (AvgIpc) is 1.86. The molecule has 0 aromatic heterocycles. The molecule has 0 unspecified atom stereocenters. The summed E-state index contributed by atoms with van der Waals surface area (Å²) in [5.74, 6) is 1.08. The largest absolute Gasteiger partial charge is 0.389 e. The Balaban J connectivity index is 2.01. The quantitative estimate of drug-likeness (QED) is 0.573. The van der Waals surface area contributed by atoms with Crippen LogP contribution >= 0.6 is 0 Å². The second kappa shape index (κ2) is 2.25. The van der Waals surface area contributed by atoms with Crippen molar-refractivity contribution in [3.8, 4) is 0 Å². The minimum Gasteiger partial charge on any atom is -0.389 e. The zero-order chi connectivity index (χ0) is 6.81. The van der Waals surface area contributed by atoms with E-state index in [4.69, 9.17) is 4.84 Å². The SMILES string of the molecule is C1=CONC(N2CCC2)=C1. The Kier molecular flexibility index (Phi) is 1.27. The molecule has 0 amide bonds. The van der Waals surface area contributed by atoms with Gasteiger partial charge < -0.3 is 9.74 Å². The van der Waals surface area contributed by atoms with Gasteiger partial charge in [-0.1, -0.05) is 0 Å². The van der Waals surface area contributed by atoms with Gasteiger partial charge in [-0.3, -0.25) is 0 Å². The third kappa shape index (κ3) is 0.835. The fraction of sp³-hybridized carbons (Fsp3) is 0.429. The first-order chi connectivity index (χ1) is 4.97. The summed E-state index contributed by atoms with van der Waals surface area (Å²) in [5.41, 5.74) is 2.82. The molecule has 2 heterocycles. The third-order valence-corrected chi connectivity index (χ3v) is 1.76. The average molecular weight is 138 g/mol. The molecule has 0 saturated carbocycles. The molecule has 54 valence electrons. The van der Waals surface area contributed by atoms with Gasteiger partial charge in [0.15, 0.2) is 0 Å². The van der Waals surface area contributed by atoms with Crippen molar-refractivity contribution in [3.63, 3.8) is 0 Å². The van der Waals surface area contributed by atoms with Gasteiger partial charge in [0.05, 0.1) is 0 Å². The first-order valence-electron chi connectivity index (χ1n) is 3.50. The second-order valence-electron chi connectivity index (χ2n) is 2.44. The van der Waals surface area contributed by atoms with Crippen LogP contribution in [0.2, 0.25) is 0 Å². The number of allylic oxidation sites excluding steroid dienone is 2. The van der Waals surface area contributed by atoms with Crippen molar-refractivity contribution in [1.82, 2.24) is 10.4 Å². The highest BCUT2D eigenvalue weighted by Crippen LogP contribution is 2.13. The Labute approximate surface area is 59.9 Å². The van der Waals surface area contributed by atoms with Crippen molar-refractivity contribution in [3.05, 3.63) is 24.2 Å². The molecule has 0 aromatic carbocycles. The first kappa shape index (κ1) is 5.65. The van der Waals surface area contributed by atoms with Gasteiger partial charge in [-0.2, -0.15) is 0 Å². The molecule has 2 rings (SSSR count). The number of rotatable bonds is 1. The third-order valence-electron chi connectivity index (χ3n) is 1.76. The number of hydrogen-bond donors (Lipinski definition) is 1. The van der Waals surface area contributed by atoms with E-state index in [0.717, 1.165) is 18.9 Å². The van der Waals surface area contributed by atoms with Crippen LogP contribution in [-0.2, 0) is 4.84 Å². The van der Waals surface area contributed by atoms with Crippen LogP contribution in [0.5, 0.6) is 0 Å². The number of nitrogens with one attached hydrogen (secondary N) is 1. The van der Waals surface area contributed by atoms with E-state index in [1.165, 1.54) is 6.42 Å². The summed E-state index contributed by atoms with van der Waals surface area (Å²) in [7, 11) is 0. The molecule has 0 atom stereocenters. The fourth-order valence-electron chi connectivity index (χ4n) is 1.03. The molecule has 0 bridgehead atoms. The van der Waals surface area contributed by atoms with E-state index >= 15 is 0 Å². The molecule has 3 heteroatoms. The lowest BCUT2D eigenvalue weighted by Gasteiger charge is -2.35. The summed E-state index contributed by atoms with van der Waals surface area (Å²) in [6.45, 7) is 2.30. The highest BCUT2D eigenvalue weighted by Gasteiger charge is 2.16. The van der Waals surface area contributed by atoms with Crippen LogP contribution in [0.4, 0.5) is 0 Å². The minimum atomic E-state index is 1.08. The first-order valence-corrected chi connectivity index (χ1v) is 3.50. The van der Waals surface area contributed by atoms with Gasteiger partial charge in [0, 0.05) is 13.1 Å². The van der Waals surface area contributed by atoms with E-state index < -0.39 is 0 Å². The van der Waals surface area contributed by atoms with Gasteiger partial charge >= 0.3 is 0 Å². The van der Waals surface area contributed by atoms with E-state index in [1.54, 1.807) is 6.26 Å². The van der Waals surface area contributed by atoms with Crippen LogP contribution in [0.25, 0.3) is 0 Å². The van der Waals surface area contributed by atoms with E-state index in [0.29, 0.717) is 0 Å². The molecular formula is C7H10N2O. The maximum atomic E-state index is 4.90. The zero-order valence-corrected chi connectivity index (χ0v) is 5.71. The Hall–Kier alpha value is -1.12. The molecule has 1 fully saturated rings. The maximum absolute atomic E-state index is 4.90. The number of hydroxylamine groups is 1. The van der Waals surface area contributed by atoms with Gasteiger partial charge in [-0.15, -0.1) is 0 Å². The van der Waals surface area contributed by atoms with Crippen LogP contribution in [0.1, 0.15) is 6.42 Å². The van der Waals surface area contributed by atoms with Crippen LogP contribution in [0, 0.1) is 0 Å². The number of hydrogen-bond acceptors (Lipinski definition) is 3. The highest BCUT2D eigenvalue weighted by atomic mass is 16.6. The maximum Gasteiger partial charge on any atom is 0.136 e. The molecule has 0 spiro atoms. The normalized spacial score (nSPS) is 22.4. The Morgan fingerprint density at radius 3 is 2.90 bits per heavy atom. The summed E-state index contributed by atoms with van der Waals surface area (Å²) in [6.07, 6.45) is 6.83. The van der Waals surface area contributed by atoms with Crippen molar-refractivity contribution >= 4 is 0 Å². The predicted molar refractivity (Wildman–Crippen MR) is 37.6 cm³/mol. The molecule has 3 nitrogen and oxygen atoms in total. The van der Waals surface area contributed by atoms with Gasteiger partial charge in [0.25, 0.3) is 0 Å². The summed E-state index contributed by atoms with van der Waals surface area (Å²) in [4.78, 5) is 7.14. The van der Waals surface area contributed by atoms with Gasteiger partial charge in [0.2, 0.25) is 0 Å². The molecule has 1 saturated heterocycles. The van der Waals surface area contributed by atoms with E-state index in [9.17, 15) is 0 Å². The lowest BCUT2D eigenvalue weighted by atomic mass is 10.2. The summed E-state index contributed by atoms with van der Waals surface area (Å²) in [6, 6.07) is 0. The van der Waals surface area contributed by atoms with Crippen LogP contribution in [0.3, 0.4) is 0 Å². The Morgan fingerprint density at radius 1 is 1.50 bits per heavy atom. The predicted octanol–water partition coefficient (Wildman–Crippen LogP) is 0.582. The summed E-state index contributed by atoms with van der Waals surface area (Å²) in [5, 5.41) is 0. The lowest BCUT2D eigenvalue weighted by Crippen LogP contribution is -2.41. The second-order valence-corrected chi connectivity index (χ2v) is 2.44. The summed E-state index contributed by atoms with van der Waals surface area (Å²) >= 11 is 0. The van der Waals surface area contributed by atoms with Gasteiger partial charge in [-0.25, -0.2) is 5.48 Å². The topological polar surface area (TPSA) is 24.5 Å². The standard InChI is InChI=1S/C7H10N2O/c1-3-7(8-10-6-1)9-4-2-5-9/h1,3,6,8H,2,4-5H2. The number of likely N-dealkylation sites (tertiary alicyclic amines) is 1. The van der Waals surface area contributed by atoms with Gasteiger partial charge in [0.1, 0.15) is 12.1 Å². The van der Waals surface area contributed by atoms with E-state index in [2.05, 4.69) is 10.4 Å². The molecule has 0 radical (unpaired) electrons. The number of nitrogens with zero attached hydrogens (tertiary/aromatic N) is 1. The Morgan fingerprint density at radius 2 is 2.40 bits per heavy atom. The van der Waals surface area contributed by atoms with E-state index in [1.807, 2.05) is 12.2 Å². The molecule has 1 N–H and O–H groups in total. The molecule has 2 aliphatic rings. The van der Waals surface area contributed by atoms with Crippen LogP contribution < -0.4 is 5.48 Å². The van der Waals surface area contributed by atoms with Crippen LogP contribution in [-0.4, -0.2) is 18.0 Å². The van der Waals surface area contributed by atoms with Crippen molar-refractivity contribution in [1.29, 1.82) is 0 Å². The monoisotopic (exact) mass is 138 g/mol. The van der Waals surface area contributed by atoms with Crippen molar-refractivity contribution in [2.45, 2.75) is 6.42 Å². The van der Waals surface area contributed by atoms with E-state index in [-0.39, 0.29) is 0 Å². The lowest BCUT2D eigenvalue weighted by molar-refractivity contribution is 0.0972. The van der Waals surface area contributed by atoms with Gasteiger partial charge in [-0.05, 0) is 18.6 Å². The molecule has 0 aliphatic carbocycles. The highest BCUT2D eigenvalue weighted by molar-refractivity contribution is 5.11. The molecular weight excluding hydrogens is 128 g/mol. The molecule has 10 heavy (non-hydrogen) atoms. The van der Waals surface area contributed by atoms with Crippen LogP contribution in [0.15, 0.2) is 24.2 Å². The fourth-order valence-corrected chi connectivity index (χ4v) is 1.03. The van der Waals surface area contributed by atoms with Crippen molar-refractivity contribution in [2.75, 3.05) is 13.1 Å². The summed E-state index contributed by atoms with van der Waals surface area (Å²) < 4.78 is 0. The van der Waals surface area contributed by atoms with Crippen molar-refractivity contribution < 1.29 is 4.84 Å². The zero-order valence-electron chi connectivity index (χ0n) is 5.71. The van der Waals surface area contributed by atoms with Crippen molar-refractivity contribution in [2.24, 2.45) is 0 Å². The Bertz CT molecular complexity index is 182.